The summed E-state index contributed by atoms with van der Waals surface area (Å²) in [5.74, 6) is -2.64. The maximum atomic E-state index is 14.3. The summed E-state index contributed by atoms with van der Waals surface area (Å²) in [6, 6.07) is 8.09. The van der Waals surface area contributed by atoms with Crippen molar-refractivity contribution >= 4 is 21.8 Å². The molecule has 4 rings (SSSR count). The van der Waals surface area contributed by atoms with Crippen LogP contribution in [0.2, 0.25) is 0 Å². The van der Waals surface area contributed by atoms with Crippen LogP contribution in [0.3, 0.4) is 0 Å². The minimum absolute atomic E-state index is 0.0219. The van der Waals surface area contributed by atoms with Gasteiger partial charge in [0.2, 0.25) is 15.9 Å². The van der Waals surface area contributed by atoms with Crippen LogP contribution in [0.1, 0.15) is 34.3 Å². The third-order valence-corrected chi connectivity index (χ3v) is 8.16. The molecule has 0 spiro atoms. The number of hydrogen-bond acceptors (Lipinski definition) is 5. The molecule has 2 saturated heterocycles. The van der Waals surface area contributed by atoms with E-state index >= 15 is 0 Å². The third kappa shape index (κ3) is 5.60. The van der Waals surface area contributed by atoms with Crippen LogP contribution in [0.4, 0.5) is 17.6 Å². The Morgan fingerprint density at radius 2 is 1.78 bits per heavy atom. The highest BCUT2D eigenvalue weighted by atomic mass is 32.2. The first-order chi connectivity index (χ1) is 17.4. The molecule has 2 aromatic carbocycles. The molecule has 0 unspecified atom stereocenters. The number of sulfonamides is 1. The van der Waals surface area contributed by atoms with Gasteiger partial charge in [-0.1, -0.05) is 12.1 Å². The lowest BCUT2D eigenvalue weighted by Gasteiger charge is -2.34. The molecule has 0 saturated carbocycles. The summed E-state index contributed by atoms with van der Waals surface area (Å²) in [6.07, 6.45) is -3.68. The minimum Gasteiger partial charge on any atom is -0.350 e. The molecule has 2 aliphatic rings. The van der Waals surface area contributed by atoms with Crippen molar-refractivity contribution in [2.45, 2.75) is 36.5 Å². The third-order valence-electron chi connectivity index (χ3n) is 6.35. The van der Waals surface area contributed by atoms with Crippen molar-refractivity contribution in [2.75, 3.05) is 19.6 Å². The summed E-state index contributed by atoms with van der Waals surface area (Å²) >= 11 is 0. The molecule has 196 valence electrons. The number of hydrogen-bond donors (Lipinski definition) is 1. The molecule has 2 amide bonds. The number of carbonyl (C=O) groups is 2. The number of carbonyl (C=O) groups excluding carboxylic acids is 2. The lowest BCUT2D eigenvalue weighted by Crippen LogP contribution is -2.49. The highest BCUT2D eigenvalue weighted by Crippen LogP contribution is 2.30. The van der Waals surface area contributed by atoms with E-state index in [1.807, 2.05) is 6.07 Å². The molecule has 0 aliphatic carbocycles. The van der Waals surface area contributed by atoms with Crippen LogP contribution in [-0.2, 0) is 27.5 Å². The molecule has 37 heavy (non-hydrogen) atoms. The van der Waals surface area contributed by atoms with Gasteiger partial charge < -0.3 is 10.2 Å². The van der Waals surface area contributed by atoms with Crippen molar-refractivity contribution in [3.63, 3.8) is 0 Å². The summed E-state index contributed by atoms with van der Waals surface area (Å²) < 4.78 is 79.1. The maximum absolute atomic E-state index is 14.3. The number of alkyl halides is 3. The Hall–Kier alpha value is -3.50. The number of likely N-dealkylation sites (tertiary alicyclic amines) is 1. The van der Waals surface area contributed by atoms with Gasteiger partial charge in [0.15, 0.2) is 0 Å². The van der Waals surface area contributed by atoms with E-state index in [0.29, 0.717) is 18.4 Å². The summed E-state index contributed by atoms with van der Waals surface area (Å²) in [7, 11) is -4.11. The van der Waals surface area contributed by atoms with E-state index in [1.54, 1.807) is 0 Å². The Kier molecular flexibility index (Phi) is 7.25. The highest BCUT2D eigenvalue weighted by Gasteiger charge is 2.39. The fourth-order valence-electron chi connectivity index (χ4n) is 4.27. The van der Waals surface area contributed by atoms with Crippen LogP contribution in [-0.4, -0.2) is 55.1 Å². The predicted octanol–water partition coefficient (Wildman–Crippen LogP) is 2.91. The van der Waals surface area contributed by atoms with Crippen molar-refractivity contribution in [1.29, 1.82) is 5.26 Å². The first-order valence-corrected chi connectivity index (χ1v) is 12.8. The lowest BCUT2D eigenvalue weighted by molar-refractivity contribution is -0.137. The number of halogens is 4. The zero-order chi connectivity index (χ0) is 27.0. The van der Waals surface area contributed by atoms with E-state index in [9.17, 15) is 35.6 Å². The van der Waals surface area contributed by atoms with Crippen LogP contribution < -0.4 is 5.32 Å². The number of benzene rings is 2. The topological polar surface area (TPSA) is 111 Å². The van der Waals surface area contributed by atoms with E-state index < -0.39 is 56.2 Å². The van der Waals surface area contributed by atoms with Gasteiger partial charge in [-0.25, -0.2) is 12.8 Å². The summed E-state index contributed by atoms with van der Waals surface area (Å²) in [5, 5.41) is 11.5. The fraction of sp³-hybridized carbons (Fsp3) is 0.375. The SMILES string of the molecule is N#CC1CN(S(=O)(=O)c2cc(F)cc(C(=O)N3CCC[C@@H]3C(=O)NCc3ccc(C(F)(F)F)cc3)c2)C1. The molecule has 13 heteroatoms. The Morgan fingerprint density at radius 3 is 2.41 bits per heavy atom. The molecule has 8 nitrogen and oxygen atoms in total. The van der Waals surface area contributed by atoms with Crippen molar-refractivity contribution in [3.8, 4) is 6.07 Å². The molecule has 2 fully saturated rings. The van der Waals surface area contributed by atoms with Crippen molar-refractivity contribution in [2.24, 2.45) is 5.92 Å². The smallest absolute Gasteiger partial charge is 0.350 e. The predicted molar refractivity (Wildman–Crippen MR) is 122 cm³/mol. The van der Waals surface area contributed by atoms with Gasteiger partial charge in [0, 0.05) is 31.7 Å². The number of rotatable bonds is 6. The first kappa shape index (κ1) is 26.6. The van der Waals surface area contributed by atoms with Gasteiger partial charge >= 0.3 is 6.18 Å². The average Bonchev–Trinajstić information content (AvgIpc) is 3.30. The zero-order valence-electron chi connectivity index (χ0n) is 19.3. The molecule has 2 aromatic rings. The van der Waals surface area contributed by atoms with Gasteiger partial charge in [-0.05, 0) is 48.7 Å². The lowest BCUT2D eigenvalue weighted by atomic mass is 10.1. The van der Waals surface area contributed by atoms with Gasteiger partial charge in [-0.3, -0.25) is 9.59 Å². The highest BCUT2D eigenvalue weighted by molar-refractivity contribution is 7.89. The average molecular weight is 539 g/mol. The van der Waals surface area contributed by atoms with E-state index in [-0.39, 0.29) is 31.7 Å². The molecule has 0 aromatic heterocycles. The Labute approximate surface area is 210 Å². The second kappa shape index (κ2) is 10.1. The number of nitrogens with zero attached hydrogens (tertiary/aromatic N) is 3. The van der Waals surface area contributed by atoms with Gasteiger partial charge in [0.1, 0.15) is 11.9 Å². The minimum atomic E-state index is -4.48. The molecule has 2 aliphatic heterocycles. The van der Waals surface area contributed by atoms with Crippen molar-refractivity contribution in [1.82, 2.24) is 14.5 Å². The van der Waals surface area contributed by atoms with E-state index in [0.717, 1.165) is 34.6 Å². The maximum Gasteiger partial charge on any atom is 0.416 e. The van der Waals surface area contributed by atoms with Crippen LogP contribution in [0.5, 0.6) is 0 Å². The summed E-state index contributed by atoms with van der Waals surface area (Å²) in [6.45, 7) is 0.0843. The number of amides is 2. The second-order valence-corrected chi connectivity index (χ2v) is 10.8. The summed E-state index contributed by atoms with van der Waals surface area (Å²) in [4.78, 5) is 26.8. The first-order valence-electron chi connectivity index (χ1n) is 11.4. The van der Waals surface area contributed by atoms with E-state index in [2.05, 4.69) is 5.32 Å². The van der Waals surface area contributed by atoms with Crippen LogP contribution in [0.15, 0.2) is 47.4 Å². The normalized spacial score (nSPS) is 18.8. The molecule has 1 atom stereocenters. The fourth-order valence-corrected chi connectivity index (χ4v) is 5.85. The molecular weight excluding hydrogens is 516 g/mol. The molecular formula is C24H22F4N4O4S. The second-order valence-electron chi connectivity index (χ2n) is 8.89. The van der Waals surface area contributed by atoms with Gasteiger partial charge in [0.25, 0.3) is 5.91 Å². The van der Waals surface area contributed by atoms with Crippen LogP contribution >= 0.6 is 0 Å². The van der Waals surface area contributed by atoms with Crippen molar-refractivity contribution in [3.05, 3.63) is 65.0 Å². The Morgan fingerprint density at radius 1 is 1.11 bits per heavy atom. The molecule has 1 N–H and O–H groups in total. The van der Waals surface area contributed by atoms with Crippen molar-refractivity contribution < 1.29 is 35.6 Å². The number of nitriles is 1. The molecule has 2 heterocycles. The number of nitrogens with one attached hydrogen (secondary N) is 1. The molecule has 0 bridgehead atoms. The van der Waals surface area contributed by atoms with E-state index in [1.165, 1.54) is 17.0 Å². The Bertz CT molecular complexity index is 1350. The van der Waals surface area contributed by atoms with Crippen LogP contribution in [0.25, 0.3) is 0 Å². The standard InChI is InChI=1S/C24H22F4N4O4S/c25-19-8-17(9-20(10-19)37(35,36)31-13-16(11-29)14-31)23(34)32-7-1-2-21(32)22(33)30-12-15-3-5-18(6-4-15)24(26,27)28/h3-6,8-10,16,21H,1-2,7,12-14H2,(H,30,33)/t21-/m1/s1. The van der Waals surface area contributed by atoms with Gasteiger partial charge in [-0.2, -0.15) is 22.7 Å². The Balaban J connectivity index is 1.45. The van der Waals surface area contributed by atoms with E-state index in [4.69, 9.17) is 5.26 Å². The quantitative estimate of drug-likeness (QED) is 0.569. The monoisotopic (exact) mass is 538 g/mol. The van der Waals surface area contributed by atoms with Gasteiger partial charge in [0.05, 0.1) is 22.4 Å². The van der Waals surface area contributed by atoms with Crippen LogP contribution in [0, 0.1) is 23.1 Å². The van der Waals surface area contributed by atoms with Gasteiger partial charge in [-0.15, -0.1) is 0 Å². The summed E-state index contributed by atoms with van der Waals surface area (Å²) in [5.41, 5.74) is -0.620. The largest absolute Gasteiger partial charge is 0.416 e. The zero-order valence-corrected chi connectivity index (χ0v) is 20.2. The molecule has 0 radical (unpaired) electrons.